The number of hydrogen-bond acceptors (Lipinski definition) is 5. The van der Waals surface area contributed by atoms with Crippen molar-refractivity contribution >= 4 is 15.8 Å². The van der Waals surface area contributed by atoms with Crippen molar-refractivity contribution in [1.82, 2.24) is 15.0 Å². The molecule has 0 aliphatic rings. The molecule has 10 heteroatoms. The SMILES string of the molecule is CS(=O)(=O)CCCn1nnc(C(=O)O)c1C(F)F. The Morgan fingerprint density at radius 3 is 2.56 bits per heavy atom. The average molecular weight is 283 g/mol. The predicted octanol–water partition coefficient (Wildman–Crippen LogP) is 0.349. The molecule has 0 saturated heterocycles. The molecule has 0 aromatic carbocycles. The van der Waals surface area contributed by atoms with Crippen LogP contribution in [-0.2, 0) is 16.4 Å². The minimum absolute atomic E-state index is 0.0565. The van der Waals surface area contributed by atoms with Gasteiger partial charge in [0.1, 0.15) is 15.5 Å². The molecule has 0 radical (unpaired) electrons. The molecule has 1 rings (SSSR count). The van der Waals surface area contributed by atoms with E-state index in [1.54, 1.807) is 0 Å². The summed E-state index contributed by atoms with van der Waals surface area (Å²) in [5.74, 6) is -1.79. The Kier molecular flexibility index (Phi) is 4.33. The highest BCUT2D eigenvalue weighted by Crippen LogP contribution is 2.21. The fourth-order valence-electron chi connectivity index (χ4n) is 1.33. The molecule has 1 N–H and O–H groups in total. The molecule has 18 heavy (non-hydrogen) atoms. The van der Waals surface area contributed by atoms with Crippen molar-refractivity contribution in [2.45, 2.75) is 19.4 Å². The number of carboxylic acids is 1. The van der Waals surface area contributed by atoms with Gasteiger partial charge in [0, 0.05) is 12.8 Å². The van der Waals surface area contributed by atoms with Crippen LogP contribution in [0.1, 0.15) is 29.0 Å². The van der Waals surface area contributed by atoms with Gasteiger partial charge in [0.25, 0.3) is 6.43 Å². The van der Waals surface area contributed by atoms with Gasteiger partial charge in [-0.3, -0.25) is 0 Å². The minimum atomic E-state index is -3.20. The summed E-state index contributed by atoms with van der Waals surface area (Å²) in [6, 6.07) is 0. The van der Waals surface area contributed by atoms with Gasteiger partial charge in [-0.2, -0.15) is 0 Å². The molecule has 102 valence electrons. The van der Waals surface area contributed by atoms with Gasteiger partial charge in [0.05, 0.1) is 5.75 Å². The van der Waals surface area contributed by atoms with Crippen LogP contribution in [0.3, 0.4) is 0 Å². The summed E-state index contributed by atoms with van der Waals surface area (Å²) in [6.07, 6.45) is -1.96. The number of aryl methyl sites for hydroxylation is 1. The third-order valence-electron chi connectivity index (χ3n) is 2.07. The Balaban J connectivity index is 2.86. The molecule has 0 saturated carbocycles. The quantitative estimate of drug-likeness (QED) is 0.808. The van der Waals surface area contributed by atoms with E-state index in [4.69, 9.17) is 5.11 Å². The normalized spacial score (nSPS) is 12.0. The second-order valence-corrected chi connectivity index (χ2v) is 5.90. The first-order chi connectivity index (χ1) is 8.22. The summed E-state index contributed by atoms with van der Waals surface area (Å²) >= 11 is 0. The lowest BCUT2D eigenvalue weighted by atomic mass is 10.3. The average Bonchev–Trinajstić information content (AvgIpc) is 2.59. The van der Waals surface area contributed by atoms with E-state index in [1.807, 2.05) is 0 Å². The summed E-state index contributed by atoms with van der Waals surface area (Å²) in [5, 5.41) is 15.1. The maximum absolute atomic E-state index is 12.7. The van der Waals surface area contributed by atoms with Crippen molar-refractivity contribution < 1.29 is 27.1 Å². The molecule has 0 aliphatic carbocycles. The van der Waals surface area contributed by atoms with Gasteiger partial charge in [-0.1, -0.05) is 5.21 Å². The molecule has 0 bridgehead atoms. The highest BCUT2D eigenvalue weighted by Gasteiger charge is 2.26. The van der Waals surface area contributed by atoms with Crippen LogP contribution < -0.4 is 0 Å². The van der Waals surface area contributed by atoms with Crippen LogP contribution in [0.25, 0.3) is 0 Å². The zero-order chi connectivity index (χ0) is 13.9. The minimum Gasteiger partial charge on any atom is -0.476 e. The lowest BCUT2D eigenvalue weighted by Gasteiger charge is -2.05. The number of aromatic carboxylic acids is 1. The van der Waals surface area contributed by atoms with Gasteiger partial charge < -0.3 is 5.11 Å². The van der Waals surface area contributed by atoms with E-state index in [0.29, 0.717) is 0 Å². The molecule has 0 atom stereocenters. The summed E-state index contributed by atoms with van der Waals surface area (Å²) in [5.41, 5.74) is -1.62. The smallest absolute Gasteiger partial charge is 0.358 e. The number of halogens is 2. The van der Waals surface area contributed by atoms with Crippen LogP contribution in [0.5, 0.6) is 0 Å². The number of aromatic nitrogens is 3. The van der Waals surface area contributed by atoms with Crippen molar-refractivity contribution in [3.8, 4) is 0 Å². The molecule has 0 aliphatic heterocycles. The number of alkyl halides is 2. The van der Waals surface area contributed by atoms with E-state index >= 15 is 0 Å². The number of hydrogen-bond donors (Lipinski definition) is 1. The monoisotopic (exact) mass is 283 g/mol. The molecule has 7 nitrogen and oxygen atoms in total. The third kappa shape index (κ3) is 3.72. The van der Waals surface area contributed by atoms with Crippen LogP contribution in [0.15, 0.2) is 0 Å². The molecular weight excluding hydrogens is 272 g/mol. The van der Waals surface area contributed by atoms with E-state index in [0.717, 1.165) is 10.9 Å². The van der Waals surface area contributed by atoms with E-state index in [1.165, 1.54) is 0 Å². The van der Waals surface area contributed by atoms with Crippen molar-refractivity contribution in [3.63, 3.8) is 0 Å². The lowest BCUT2D eigenvalue weighted by Crippen LogP contribution is -2.12. The van der Waals surface area contributed by atoms with Crippen molar-refractivity contribution in [2.24, 2.45) is 0 Å². The van der Waals surface area contributed by atoms with Crippen molar-refractivity contribution in [3.05, 3.63) is 11.4 Å². The summed E-state index contributed by atoms with van der Waals surface area (Å²) in [7, 11) is -3.20. The number of carbonyl (C=O) groups is 1. The zero-order valence-corrected chi connectivity index (χ0v) is 10.2. The standard InChI is InChI=1S/C8H11F2N3O4S/c1-18(16,17)4-2-3-13-6(7(9)10)5(8(14)15)11-12-13/h7H,2-4H2,1H3,(H,14,15). The fraction of sp³-hybridized carbons (Fsp3) is 0.625. The topological polar surface area (TPSA) is 102 Å². The Bertz CT molecular complexity index is 541. The maximum Gasteiger partial charge on any atom is 0.358 e. The highest BCUT2D eigenvalue weighted by molar-refractivity contribution is 7.90. The summed E-state index contributed by atoms with van der Waals surface area (Å²) in [6.45, 7) is -0.132. The number of nitrogens with zero attached hydrogens (tertiary/aromatic N) is 3. The van der Waals surface area contributed by atoms with Gasteiger partial charge in [0.15, 0.2) is 5.69 Å². The van der Waals surface area contributed by atoms with Crippen molar-refractivity contribution in [2.75, 3.05) is 12.0 Å². The second kappa shape index (κ2) is 5.38. The second-order valence-electron chi connectivity index (χ2n) is 3.64. The van der Waals surface area contributed by atoms with Crippen molar-refractivity contribution in [1.29, 1.82) is 0 Å². The summed E-state index contributed by atoms with van der Waals surface area (Å²) in [4.78, 5) is 10.6. The van der Waals surface area contributed by atoms with Crippen LogP contribution in [0.2, 0.25) is 0 Å². The molecule has 1 aromatic rings. The Morgan fingerprint density at radius 1 is 1.50 bits per heavy atom. The van der Waals surface area contributed by atoms with E-state index in [9.17, 15) is 22.0 Å². The largest absolute Gasteiger partial charge is 0.476 e. The van der Waals surface area contributed by atoms with E-state index < -0.39 is 33.6 Å². The molecule has 0 unspecified atom stereocenters. The number of sulfone groups is 1. The first kappa shape index (κ1) is 14.5. The van der Waals surface area contributed by atoms with E-state index in [2.05, 4.69) is 10.3 Å². The molecule has 1 aromatic heterocycles. The van der Waals surface area contributed by atoms with Gasteiger partial charge >= 0.3 is 5.97 Å². The maximum atomic E-state index is 12.7. The van der Waals surface area contributed by atoms with Gasteiger partial charge in [-0.05, 0) is 6.42 Å². The highest BCUT2D eigenvalue weighted by atomic mass is 32.2. The molecular formula is C8H11F2N3O4S. The van der Waals surface area contributed by atoms with Gasteiger partial charge in [-0.15, -0.1) is 5.10 Å². The summed E-state index contributed by atoms with van der Waals surface area (Å²) < 4.78 is 47.8. The molecule has 1 heterocycles. The third-order valence-corrected chi connectivity index (χ3v) is 3.10. The molecule has 0 amide bonds. The van der Waals surface area contributed by atoms with Gasteiger partial charge in [0.2, 0.25) is 0 Å². The van der Waals surface area contributed by atoms with Crippen LogP contribution in [0, 0.1) is 0 Å². The van der Waals surface area contributed by atoms with E-state index in [-0.39, 0.29) is 18.7 Å². The Hall–Kier alpha value is -1.58. The Morgan fingerprint density at radius 2 is 2.11 bits per heavy atom. The predicted molar refractivity (Wildman–Crippen MR) is 56.3 cm³/mol. The van der Waals surface area contributed by atoms with Crippen LogP contribution >= 0.6 is 0 Å². The van der Waals surface area contributed by atoms with Gasteiger partial charge in [-0.25, -0.2) is 26.7 Å². The Labute approximate surface area is 101 Å². The molecule has 0 spiro atoms. The molecule has 0 fully saturated rings. The van der Waals surface area contributed by atoms with Crippen LogP contribution in [0.4, 0.5) is 8.78 Å². The number of carboxylic acid groups (broad SMARTS) is 1. The van der Waals surface area contributed by atoms with Crippen LogP contribution in [-0.4, -0.2) is 46.5 Å². The zero-order valence-electron chi connectivity index (χ0n) is 9.38. The number of rotatable bonds is 6. The first-order valence-corrected chi connectivity index (χ1v) is 6.91. The lowest BCUT2D eigenvalue weighted by molar-refractivity contribution is 0.0675. The first-order valence-electron chi connectivity index (χ1n) is 4.85. The fourth-order valence-corrected chi connectivity index (χ4v) is 1.98.